The first-order chi connectivity index (χ1) is 14.7. The maximum atomic E-state index is 12.4. The Kier molecular flexibility index (Phi) is 6.87. The minimum atomic E-state index is -0.224. The van der Waals surface area contributed by atoms with Crippen LogP contribution < -0.4 is 0 Å². The van der Waals surface area contributed by atoms with Gasteiger partial charge in [-0.1, -0.05) is 56.5 Å². The van der Waals surface area contributed by atoms with Crippen molar-refractivity contribution in [3.8, 4) is 0 Å². The molecule has 2 amide bonds. The maximum Gasteiger partial charge on any atom is 0.276 e. The normalized spacial score (nSPS) is 21.3. The van der Waals surface area contributed by atoms with Crippen molar-refractivity contribution in [3.63, 3.8) is 0 Å². The molecular formula is C23H29N3O3S. The summed E-state index contributed by atoms with van der Waals surface area (Å²) in [6.45, 7) is 2.58. The summed E-state index contributed by atoms with van der Waals surface area (Å²) >= 11 is 1.40. The zero-order valence-electron chi connectivity index (χ0n) is 17.5. The Morgan fingerprint density at radius 3 is 2.40 bits per heavy atom. The lowest BCUT2D eigenvalue weighted by Gasteiger charge is -2.26. The first-order valence-electron chi connectivity index (χ1n) is 11.1. The van der Waals surface area contributed by atoms with Crippen molar-refractivity contribution in [2.75, 3.05) is 12.3 Å². The molecule has 2 heterocycles. The quantitative estimate of drug-likeness (QED) is 0.307. The number of aromatic nitrogens is 2. The molecule has 0 atom stereocenters. The molecule has 0 bridgehead atoms. The Morgan fingerprint density at radius 2 is 1.73 bits per heavy atom. The van der Waals surface area contributed by atoms with Gasteiger partial charge >= 0.3 is 0 Å². The van der Waals surface area contributed by atoms with Crippen molar-refractivity contribution >= 4 is 23.6 Å². The van der Waals surface area contributed by atoms with E-state index in [2.05, 4.69) is 17.1 Å². The van der Waals surface area contributed by atoms with Gasteiger partial charge in [0.25, 0.3) is 17.0 Å². The minimum absolute atomic E-state index is 0.224. The number of hydrogen-bond acceptors (Lipinski definition) is 6. The molecule has 2 aromatic rings. The van der Waals surface area contributed by atoms with Crippen LogP contribution in [0.5, 0.6) is 0 Å². The number of carbonyl (C=O) groups is 2. The number of amides is 2. The van der Waals surface area contributed by atoms with E-state index >= 15 is 0 Å². The van der Waals surface area contributed by atoms with Crippen LogP contribution >= 0.6 is 11.8 Å². The van der Waals surface area contributed by atoms with E-state index in [-0.39, 0.29) is 11.8 Å². The van der Waals surface area contributed by atoms with Crippen molar-refractivity contribution in [1.29, 1.82) is 0 Å². The Morgan fingerprint density at radius 1 is 1.03 bits per heavy atom. The van der Waals surface area contributed by atoms with Crippen LogP contribution in [0, 0.1) is 5.92 Å². The number of fused-ring (bicyclic) bond motifs is 1. The van der Waals surface area contributed by atoms with Gasteiger partial charge in [0.2, 0.25) is 5.89 Å². The molecule has 7 heteroatoms. The van der Waals surface area contributed by atoms with Gasteiger partial charge in [0.05, 0.1) is 11.1 Å². The molecule has 0 N–H and O–H groups in total. The fraction of sp³-hybridized carbons (Fsp3) is 0.565. The van der Waals surface area contributed by atoms with Crippen LogP contribution in [-0.2, 0) is 0 Å². The molecule has 1 aliphatic carbocycles. The number of imide groups is 1. The van der Waals surface area contributed by atoms with Crippen molar-refractivity contribution in [2.24, 2.45) is 5.92 Å². The van der Waals surface area contributed by atoms with E-state index in [0.717, 1.165) is 24.7 Å². The Bertz CT molecular complexity index is 854. The van der Waals surface area contributed by atoms with Gasteiger partial charge < -0.3 is 4.42 Å². The fourth-order valence-corrected chi connectivity index (χ4v) is 5.18. The fourth-order valence-electron chi connectivity index (χ4n) is 4.49. The first kappa shape index (κ1) is 21.1. The van der Waals surface area contributed by atoms with Gasteiger partial charge in [-0.3, -0.25) is 14.5 Å². The highest BCUT2D eigenvalue weighted by molar-refractivity contribution is 7.99. The number of benzene rings is 1. The van der Waals surface area contributed by atoms with Crippen LogP contribution in [0.2, 0.25) is 0 Å². The van der Waals surface area contributed by atoms with Crippen LogP contribution in [0.15, 0.2) is 33.9 Å². The summed E-state index contributed by atoms with van der Waals surface area (Å²) < 4.78 is 5.89. The maximum absolute atomic E-state index is 12.4. The van der Waals surface area contributed by atoms with Gasteiger partial charge in [0.15, 0.2) is 0 Å². The lowest BCUT2D eigenvalue weighted by atomic mass is 9.80. The third-order valence-electron chi connectivity index (χ3n) is 6.25. The smallest absolute Gasteiger partial charge is 0.276 e. The summed E-state index contributed by atoms with van der Waals surface area (Å²) in [5, 5.41) is 8.96. The third-order valence-corrected chi connectivity index (χ3v) is 7.05. The van der Waals surface area contributed by atoms with Crippen LogP contribution in [0.1, 0.15) is 90.8 Å². The van der Waals surface area contributed by atoms with Crippen molar-refractivity contribution in [2.45, 2.75) is 69.4 Å². The molecule has 4 rings (SSSR count). The monoisotopic (exact) mass is 427 g/mol. The summed E-state index contributed by atoms with van der Waals surface area (Å²) in [7, 11) is 0. The second-order valence-corrected chi connectivity index (χ2v) is 9.32. The molecule has 1 aliphatic heterocycles. The standard InChI is InChI=1S/C23H29N3O3S/c1-2-3-4-7-16-10-12-17(13-11-16)20-24-25-23(29-20)30-15-14-26-21(27)18-8-5-6-9-19(18)22(26)28/h5-6,8-9,16-17H,2-4,7,10-15H2,1H3. The van der Waals surface area contributed by atoms with Crippen molar-refractivity contribution < 1.29 is 14.0 Å². The van der Waals surface area contributed by atoms with E-state index in [1.165, 1.54) is 55.2 Å². The average Bonchev–Trinajstić information content (AvgIpc) is 3.34. The van der Waals surface area contributed by atoms with Gasteiger partial charge in [0, 0.05) is 18.2 Å². The zero-order valence-corrected chi connectivity index (χ0v) is 18.3. The minimum Gasteiger partial charge on any atom is -0.416 e. The Balaban J connectivity index is 1.23. The first-order valence-corrected chi connectivity index (χ1v) is 12.1. The summed E-state index contributed by atoms with van der Waals surface area (Å²) in [5.74, 6) is 2.05. The van der Waals surface area contributed by atoms with Crippen molar-refractivity contribution in [1.82, 2.24) is 15.1 Å². The predicted octanol–water partition coefficient (Wildman–Crippen LogP) is 5.31. The van der Waals surface area contributed by atoms with Crippen LogP contribution in [0.3, 0.4) is 0 Å². The number of hydrogen-bond donors (Lipinski definition) is 0. The van der Waals surface area contributed by atoms with Crippen LogP contribution in [-0.4, -0.2) is 39.2 Å². The van der Waals surface area contributed by atoms with E-state index in [1.54, 1.807) is 24.3 Å². The molecule has 160 valence electrons. The number of thioether (sulfide) groups is 1. The molecular weight excluding hydrogens is 398 g/mol. The van der Waals surface area contributed by atoms with Gasteiger partial charge in [0.1, 0.15) is 0 Å². The largest absolute Gasteiger partial charge is 0.416 e. The number of unbranched alkanes of at least 4 members (excludes halogenated alkanes) is 2. The molecule has 6 nitrogen and oxygen atoms in total. The lowest BCUT2D eigenvalue weighted by Crippen LogP contribution is -2.31. The molecule has 0 radical (unpaired) electrons. The van der Waals surface area contributed by atoms with E-state index in [4.69, 9.17) is 4.42 Å². The summed E-state index contributed by atoms with van der Waals surface area (Å²) in [6, 6.07) is 6.96. The second-order valence-electron chi connectivity index (χ2n) is 8.28. The third kappa shape index (κ3) is 4.61. The summed E-state index contributed by atoms with van der Waals surface area (Å²) in [6.07, 6.45) is 10.1. The highest BCUT2D eigenvalue weighted by Gasteiger charge is 2.34. The van der Waals surface area contributed by atoms with Gasteiger partial charge in [-0.25, -0.2) is 0 Å². The number of nitrogens with zero attached hydrogens (tertiary/aromatic N) is 3. The van der Waals surface area contributed by atoms with Gasteiger partial charge in [-0.2, -0.15) is 0 Å². The lowest BCUT2D eigenvalue weighted by molar-refractivity contribution is 0.0664. The van der Waals surface area contributed by atoms with Crippen molar-refractivity contribution in [3.05, 3.63) is 41.3 Å². The highest BCUT2D eigenvalue weighted by atomic mass is 32.2. The molecule has 1 fully saturated rings. The Labute approximate surface area is 181 Å². The molecule has 1 saturated carbocycles. The van der Waals surface area contributed by atoms with Crippen LogP contribution in [0.25, 0.3) is 0 Å². The van der Waals surface area contributed by atoms with E-state index in [0.29, 0.717) is 34.6 Å². The summed E-state index contributed by atoms with van der Waals surface area (Å²) in [5.41, 5.74) is 0.968. The van der Waals surface area contributed by atoms with E-state index < -0.39 is 0 Å². The molecule has 0 spiro atoms. The molecule has 1 aromatic carbocycles. The molecule has 30 heavy (non-hydrogen) atoms. The molecule has 0 saturated heterocycles. The summed E-state index contributed by atoms with van der Waals surface area (Å²) in [4.78, 5) is 26.1. The molecule has 1 aromatic heterocycles. The van der Waals surface area contributed by atoms with Gasteiger partial charge in [-0.05, 0) is 43.7 Å². The molecule has 0 unspecified atom stereocenters. The number of rotatable bonds is 9. The highest BCUT2D eigenvalue weighted by Crippen LogP contribution is 2.38. The predicted molar refractivity (Wildman–Crippen MR) is 116 cm³/mol. The van der Waals surface area contributed by atoms with Crippen LogP contribution in [0.4, 0.5) is 0 Å². The number of carbonyl (C=O) groups excluding carboxylic acids is 2. The zero-order chi connectivity index (χ0) is 20.9. The van der Waals surface area contributed by atoms with E-state index in [1.807, 2.05) is 0 Å². The second kappa shape index (κ2) is 9.77. The van der Waals surface area contributed by atoms with Gasteiger partial charge in [-0.15, -0.1) is 10.2 Å². The van der Waals surface area contributed by atoms with E-state index in [9.17, 15) is 9.59 Å². The Hall–Kier alpha value is -2.15. The molecule has 2 aliphatic rings. The topological polar surface area (TPSA) is 76.3 Å². The SMILES string of the molecule is CCCCCC1CCC(c2nnc(SCCN3C(=O)c4ccccc4C3=O)o2)CC1. The average molecular weight is 428 g/mol.